The SMILES string of the molecule is O=C(O)CN(C(=O)c1cncnc1)c1ccc(O)cc1. The Hall–Kier alpha value is -2.96. The average molecular weight is 273 g/mol. The molecule has 1 aromatic carbocycles. The first-order valence-electron chi connectivity index (χ1n) is 5.65. The molecular weight excluding hydrogens is 262 g/mol. The Morgan fingerprint density at radius 3 is 2.25 bits per heavy atom. The van der Waals surface area contributed by atoms with Crippen molar-refractivity contribution < 1.29 is 19.8 Å². The van der Waals surface area contributed by atoms with E-state index in [0.717, 1.165) is 4.90 Å². The molecule has 0 spiro atoms. The number of benzene rings is 1. The highest BCUT2D eigenvalue weighted by atomic mass is 16.4. The second-order valence-electron chi connectivity index (χ2n) is 3.93. The summed E-state index contributed by atoms with van der Waals surface area (Å²) in [6.07, 6.45) is 3.90. The van der Waals surface area contributed by atoms with Crippen molar-refractivity contribution in [2.75, 3.05) is 11.4 Å². The van der Waals surface area contributed by atoms with Gasteiger partial charge in [-0.1, -0.05) is 0 Å². The van der Waals surface area contributed by atoms with Crippen LogP contribution in [0.2, 0.25) is 0 Å². The molecule has 2 aromatic rings. The van der Waals surface area contributed by atoms with Crippen LogP contribution < -0.4 is 4.90 Å². The third-order valence-electron chi connectivity index (χ3n) is 2.51. The number of rotatable bonds is 4. The molecule has 102 valence electrons. The van der Waals surface area contributed by atoms with Gasteiger partial charge in [0.15, 0.2) is 0 Å². The molecule has 7 nitrogen and oxygen atoms in total. The fourth-order valence-corrected chi connectivity index (χ4v) is 1.61. The maximum Gasteiger partial charge on any atom is 0.323 e. The number of aromatic nitrogens is 2. The number of aliphatic carboxylic acids is 1. The molecule has 0 unspecified atom stereocenters. The lowest BCUT2D eigenvalue weighted by Gasteiger charge is -2.20. The molecule has 0 saturated carbocycles. The van der Waals surface area contributed by atoms with E-state index in [0.29, 0.717) is 5.69 Å². The summed E-state index contributed by atoms with van der Waals surface area (Å²) in [5.74, 6) is -1.65. The number of carboxylic acids is 1. The lowest BCUT2D eigenvalue weighted by atomic mass is 10.2. The molecule has 1 aromatic heterocycles. The molecular formula is C13H11N3O4. The minimum atomic E-state index is -1.15. The van der Waals surface area contributed by atoms with Crippen molar-refractivity contribution in [2.24, 2.45) is 0 Å². The van der Waals surface area contributed by atoms with Gasteiger partial charge in [-0.15, -0.1) is 0 Å². The van der Waals surface area contributed by atoms with Crippen LogP contribution in [0.3, 0.4) is 0 Å². The van der Waals surface area contributed by atoms with Crippen molar-refractivity contribution in [2.45, 2.75) is 0 Å². The molecule has 0 aliphatic heterocycles. The number of amides is 1. The van der Waals surface area contributed by atoms with Crippen LogP contribution in [0.5, 0.6) is 5.75 Å². The van der Waals surface area contributed by atoms with E-state index >= 15 is 0 Å². The zero-order valence-corrected chi connectivity index (χ0v) is 10.3. The van der Waals surface area contributed by atoms with E-state index in [9.17, 15) is 14.7 Å². The predicted octanol–water partition coefficient (Wildman–Crippen LogP) is 0.914. The van der Waals surface area contributed by atoms with Gasteiger partial charge < -0.3 is 10.2 Å². The van der Waals surface area contributed by atoms with Gasteiger partial charge >= 0.3 is 5.97 Å². The standard InChI is InChI=1S/C13H11N3O4/c17-11-3-1-10(2-4-11)16(7-12(18)19)13(20)9-5-14-8-15-6-9/h1-6,8,17H,7H2,(H,18,19). The van der Waals surface area contributed by atoms with Crippen molar-refractivity contribution in [3.63, 3.8) is 0 Å². The van der Waals surface area contributed by atoms with E-state index in [4.69, 9.17) is 5.11 Å². The van der Waals surface area contributed by atoms with Gasteiger partial charge in [0.1, 0.15) is 18.6 Å². The molecule has 20 heavy (non-hydrogen) atoms. The first kappa shape index (κ1) is 13.5. The number of carbonyl (C=O) groups is 2. The molecule has 0 bridgehead atoms. The molecule has 1 amide bonds. The minimum absolute atomic E-state index is 0.0273. The molecule has 0 saturated heterocycles. The van der Waals surface area contributed by atoms with E-state index in [-0.39, 0.29) is 11.3 Å². The van der Waals surface area contributed by atoms with E-state index in [2.05, 4.69) is 9.97 Å². The van der Waals surface area contributed by atoms with Gasteiger partial charge in [0.05, 0.1) is 5.56 Å². The van der Waals surface area contributed by atoms with Crippen LogP contribution in [0.25, 0.3) is 0 Å². The Kier molecular flexibility index (Phi) is 3.90. The summed E-state index contributed by atoms with van der Waals surface area (Å²) in [6, 6.07) is 5.66. The number of hydrogen-bond acceptors (Lipinski definition) is 5. The normalized spacial score (nSPS) is 10.0. The largest absolute Gasteiger partial charge is 0.508 e. The highest BCUT2D eigenvalue weighted by Gasteiger charge is 2.20. The second kappa shape index (κ2) is 5.79. The Morgan fingerprint density at radius 2 is 1.70 bits per heavy atom. The van der Waals surface area contributed by atoms with Crippen molar-refractivity contribution in [1.82, 2.24) is 9.97 Å². The second-order valence-corrected chi connectivity index (χ2v) is 3.93. The van der Waals surface area contributed by atoms with Gasteiger partial charge in [-0.2, -0.15) is 0 Å². The molecule has 0 fully saturated rings. The third kappa shape index (κ3) is 3.08. The number of carbonyl (C=O) groups excluding carboxylic acids is 1. The van der Waals surface area contributed by atoms with E-state index in [1.165, 1.54) is 43.0 Å². The van der Waals surface area contributed by atoms with E-state index < -0.39 is 18.4 Å². The van der Waals surface area contributed by atoms with Crippen LogP contribution in [0.15, 0.2) is 43.0 Å². The Morgan fingerprint density at radius 1 is 1.10 bits per heavy atom. The lowest BCUT2D eigenvalue weighted by Crippen LogP contribution is -2.35. The fourth-order valence-electron chi connectivity index (χ4n) is 1.61. The molecule has 1 heterocycles. The number of phenols is 1. The minimum Gasteiger partial charge on any atom is -0.508 e. The summed E-state index contributed by atoms with van der Waals surface area (Å²) in [4.78, 5) is 31.7. The molecule has 0 radical (unpaired) electrons. The maximum atomic E-state index is 12.3. The predicted molar refractivity (Wildman–Crippen MR) is 69.5 cm³/mol. The fraction of sp³-hybridized carbons (Fsp3) is 0.0769. The Bertz CT molecular complexity index is 613. The molecule has 7 heteroatoms. The van der Waals surface area contributed by atoms with Crippen molar-refractivity contribution in [1.29, 1.82) is 0 Å². The third-order valence-corrected chi connectivity index (χ3v) is 2.51. The van der Waals surface area contributed by atoms with E-state index in [1.54, 1.807) is 0 Å². The van der Waals surface area contributed by atoms with Crippen LogP contribution in [-0.2, 0) is 4.79 Å². The van der Waals surface area contributed by atoms with Crippen LogP contribution in [0, 0.1) is 0 Å². The van der Waals surface area contributed by atoms with Gasteiger partial charge in [0, 0.05) is 18.1 Å². The molecule has 0 aliphatic rings. The van der Waals surface area contributed by atoms with Gasteiger partial charge in [-0.3, -0.25) is 14.5 Å². The highest BCUT2D eigenvalue weighted by Crippen LogP contribution is 2.20. The highest BCUT2D eigenvalue weighted by molar-refractivity contribution is 6.07. The van der Waals surface area contributed by atoms with Crippen LogP contribution in [-0.4, -0.2) is 38.6 Å². The smallest absolute Gasteiger partial charge is 0.323 e. The number of anilines is 1. The summed E-state index contributed by atoms with van der Waals surface area (Å²) in [7, 11) is 0. The van der Waals surface area contributed by atoms with Crippen LogP contribution in [0.4, 0.5) is 5.69 Å². The van der Waals surface area contributed by atoms with Gasteiger partial charge in [0.2, 0.25) is 0 Å². The molecule has 2 rings (SSSR count). The Labute approximate surface area is 114 Å². The quantitative estimate of drug-likeness (QED) is 0.858. The van der Waals surface area contributed by atoms with Crippen LogP contribution in [0.1, 0.15) is 10.4 Å². The van der Waals surface area contributed by atoms with Crippen molar-refractivity contribution in [3.05, 3.63) is 48.5 Å². The average Bonchev–Trinajstić information content (AvgIpc) is 2.46. The summed E-state index contributed by atoms with van der Waals surface area (Å²) >= 11 is 0. The summed E-state index contributed by atoms with van der Waals surface area (Å²) in [5.41, 5.74) is 0.542. The molecule has 0 aliphatic carbocycles. The first-order valence-corrected chi connectivity index (χ1v) is 5.65. The summed E-state index contributed by atoms with van der Waals surface area (Å²) in [6.45, 7) is -0.501. The van der Waals surface area contributed by atoms with Gasteiger partial charge in [-0.25, -0.2) is 9.97 Å². The van der Waals surface area contributed by atoms with Crippen LogP contribution >= 0.6 is 0 Å². The van der Waals surface area contributed by atoms with Crippen molar-refractivity contribution in [3.8, 4) is 5.75 Å². The Balaban J connectivity index is 2.35. The lowest BCUT2D eigenvalue weighted by molar-refractivity contribution is -0.135. The number of hydrogen-bond donors (Lipinski definition) is 2. The zero-order chi connectivity index (χ0) is 14.5. The number of nitrogens with zero attached hydrogens (tertiary/aromatic N) is 3. The topological polar surface area (TPSA) is 104 Å². The number of phenolic OH excluding ortho intramolecular Hbond substituents is 1. The maximum absolute atomic E-state index is 12.3. The summed E-state index contributed by atoms with van der Waals surface area (Å²) in [5, 5.41) is 18.2. The molecule has 2 N–H and O–H groups in total. The van der Waals surface area contributed by atoms with E-state index in [1.807, 2.05) is 0 Å². The monoisotopic (exact) mass is 273 g/mol. The first-order chi connectivity index (χ1) is 9.58. The van der Waals surface area contributed by atoms with Gasteiger partial charge in [-0.05, 0) is 24.3 Å². The van der Waals surface area contributed by atoms with Gasteiger partial charge in [0.25, 0.3) is 5.91 Å². The zero-order valence-electron chi connectivity index (χ0n) is 10.3. The summed E-state index contributed by atoms with van der Waals surface area (Å²) < 4.78 is 0. The molecule has 0 atom stereocenters. The number of aromatic hydroxyl groups is 1. The number of carboxylic acid groups (broad SMARTS) is 1. The van der Waals surface area contributed by atoms with Crippen molar-refractivity contribution >= 4 is 17.6 Å².